The highest BCUT2D eigenvalue weighted by Crippen LogP contribution is 2.18. The fraction of sp³-hybridized carbons (Fsp3) is 0.143. The molecule has 0 saturated carbocycles. The summed E-state index contributed by atoms with van der Waals surface area (Å²) in [7, 11) is 0. The fourth-order valence-electron chi connectivity index (χ4n) is 1.02. The Bertz CT molecular complexity index is 533. The summed E-state index contributed by atoms with van der Waals surface area (Å²) in [6.45, 7) is 1.86. The number of nitrogens with one attached hydrogen (secondary N) is 1. The second-order valence-corrected chi connectivity index (χ2v) is 3.66. The van der Waals surface area contributed by atoms with Crippen LogP contribution in [0.1, 0.15) is 4.88 Å². The monoisotopic (exact) mass is 183 g/mol. The van der Waals surface area contributed by atoms with Crippen molar-refractivity contribution < 1.29 is 4.42 Å². The van der Waals surface area contributed by atoms with Crippen LogP contribution in [-0.2, 0) is 0 Å². The van der Waals surface area contributed by atoms with Crippen molar-refractivity contribution in [2.24, 2.45) is 0 Å². The topological polar surface area (TPSA) is 63.1 Å². The first kappa shape index (κ1) is 7.30. The fourth-order valence-corrected chi connectivity index (χ4v) is 1.87. The number of thiophene rings is 1. The van der Waals surface area contributed by atoms with Gasteiger partial charge in [-0.2, -0.15) is 0 Å². The molecule has 12 heavy (non-hydrogen) atoms. The molecule has 0 aromatic carbocycles. The first-order valence-corrected chi connectivity index (χ1v) is 4.12. The molecule has 5 heteroatoms. The van der Waals surface area contributed by atoms with Crippen molar-refractivity contribution in [2.75, 3.05) is 0 Å². The number of hydrogen-bond donors (Lipinski definition) is 1. The molecule has 0 aliphatic carbocycles. The molecule has 0 unspecified atom stereocenters. The molecule has 0 saturated heterocycles. The van der Waals surface area contributed by atoms with E-state index in [0.29, 0.717) is 10.2 Å². The van der Waals surface area contributed by atoms with Gasteiger partial charge in [-0.25, -0.2) is 9.59 Å². The number of fused-ring (bicyclic) bond motifs is 1. The summed E-state index contributed by atoms with van der Waals surface area (Å²) in [5, 5.41) is 0. The highest BCUT2D eigenvalue weighted by atomic mass is 32.1. The average Bonchev–Trinajstić information content (AvgIpc) is 2.29. The Kier molecular flexibility index (Phi) is 1.41. The second kappa shape index (κ2) is 2.31. The Labute approximate surface area is 70.5 Å². The number of H-pyrrole nitrogens is 1. The predicted octanol–water partition coefficient (Wildman–Crippen LogP) is 0.851. The zero-order chi connectivity index (χ0) is 8.72. The van der Waals surface area contributed by atoms with Crippen molar-refractivity contribution in [3.63, 3.8) is 0 Å². The van der Waals surface area contributed by atoms with Crippen LogP contribution in [0, 0.1) is 6.92 Å². The van der Waals surface area contributed by atoms with E-state index in [4.69, 9.17) is 0 Å². The molecule has 4 nitrogen and oxygen atoms in total. The highest BCUT2D eigenvalue weighted by molar-refractivity contribution is 7.18. The average molecular weight is 183 g/mol. The number of rotatable bonds is 0. The van der Waals surface area contributed by atoms with Gasteiger partial charge >= 0.3 is 11.4 Å². The van der Waals surface area contributed by atoms with Gasteiger partial charge in [0.05, 0.1) is 5.52 Å². The molecule has 0 radical (unpaired) electrons. The van der Waals surface area contributed by atoms with Crippen LogP contribution in [0.5, 0.6) is 0 Å². The van der Waals surface area contributed by atoms with Crippen LogP contribution >= 0.6 is 11.3 Å². The normalized spacial score (nSPS) is 10.8. The molecule has 0 aliphatic heterocycles. The quantitative estimate of drug-likeness (QED) is 0.658. The molecule has 2 rings (SSSR count). The van der Waals surface area contributed by atoms with E-state index in [2.05, 4.69) is 9.40 Å². The minimum atomic E-state index is -0.703. The lowest BCUT2D eigenvalue weighted by atomic mass is 10.4. The maximum atomic E-state index is 11.0. The van der Waals surface area contributed by atoms with Gasteiger partial charge < -0.3 is 4.42 Å². The SMILES string of the molecule is Cc1cc2[nH]c(=O)oc(=O)c2s1. The maximum absolute atomic E-state index is 11.0. The van der Waals surface area contributed by atoms with E-state index >= 15 is 0 Å². The molecule has 0 bridgehead atoms. The first-order chi connectivity index (χ1) is 5.66. The van der Waals surface area contributed by atoms with Crippen molar-refractivity contribution in [1.82, 2.24) is 4.98 Å². The summed E-state index contributed by atoms with van der Waals surface area (Å²) >= 11 is 1.31. The minimum Gasteiger partial charge on any atom is -0.372 e. The number of hydrogen-bond acceptors (Lipinski definition) is 4. The summed E-state index contributed by atoms with van der Waals surface area (Å²) < 4.78 is 4.81. The standard InChI is InChI=1S/C7H5NO3S/c1-3-2-4-5(12-3)6(9)11-7(10)8-4/h2H,1H3,(H,8,10). The molecular formula is C7H5NO3S. The lowest BCUT2D eigenvalue weighted by Crippen LogP contribution is -2.12. The zero-order valence-electron chi connectivity index (χ0n) is 6.21. The molecule has 62 valence electrons. The third-order valence-electron chi connectivity index (χ3n) is 1.46. The van der Waals surface area contributed by atoms with Gasteiger partial charge in [0.25, 0.3) is 0 Å². The third-order valence-corrected chi connectivity index (χ3v) is 2.49. The van der Waals surface area contributed by atoms with Gasteiger partial charge in [0, 0.05) is 4.88 Å². The molecule has 1 N–H and O–H groups in total. The summed E-state index contributed by atoms with van der Waals surface area (Å²) in [5.74, 6) is -0.703. The van der Waals surface area contributed by atoms with Crippen molar-refractivity contribution in [2.45, 2.75) is 6.92 Å². The van der Waals surface area contributed by atoms with Crippen LogP contribution in [0.25, 0.3) is 10.2 Å². The smallest absolute Gasteiger partial charge is 0.372 e. The Morgan fingerprint density at radius 3 is 3.00 bits per heavy atom. The molecule has 0 atom stereocenters. The Morgan fingerprint density at radius 2 is 2.25 bits per heavy atom. The van der Waals surface area contributed by atoms with Crippen molar-refractivity contribution >= 4 is 21.6 Å². The molecule has 0 spiro atoms. The Balaban J connectivity index is 3.08. The van der Waals surface area contributed by atoms with Gasteiger partial charge in [-0.15, -0.1) is 11.3 Å². The van der Waals surface area contributed by atoms with Crippen LogP contribution in [0.15, 0.2) is 20.1 Å². The largest absolute Gasteiger partial charge is 0.419 e. The minimum absolute atomic E-state index is 0.465. The van der Waals surface area contributed by atoms with Crippen LogP contribution < -0.4 is 11.4 Å². The second-order valence-electron chi connectivity index (χ2n) is 2.40. The summed E-state index contributed by atoms with van der Waals surface area (Å²) in [4.78, 5) is 25.1. The summed E-state index contributed by atoms with van der Waals surface area (Å²) in [6.07, 6.45) is 0. The molecular weight excluding hydrogens is 178 g/mol. The van der Waals surface area contributed by atoms with E-state index in [0.717, 1.165) is 4.88 Å². The highest BCUT2D eigenvalue weighted by Gasteiger charge is 2.04. The molecule has 0 aliphatic rings. The van der Waals surface area contributed by atoms with E-state index in [1.165, 1.54) is 11.3 Å². The third kappa shape index (κ3) is 0.984. The zero-order valence-corrected chi connectivity index (χ0v) is 7.03. The van der Waals surface area contributed by atoms with Gasteiger partial charge in [0.2, 0.25) is 0 Å². The number of aromatic nitrogens is 1. The van der Waals surface area contributed by atoms with Crippen molar-refractivity contribution in [1.29, 1.82) is 0 Å². The van der Waals surface area contributed by atoms with E-state index < -0.39 is 11.4 Å². The van der Waals surface area contributed by atoms with Gasteiger partial charge in [0.15, 0.2) is 0 Å². The predicted molar refractivity (Wildman–Crippen MR) is 45.7 cm³/mol. The van der Waals surface area contributed by atoms with Crippen LogP contribution in [-0.4, -0.2) is 4.98 Å². The lowest BCUT2D eigenvalue weighted by molar-refractivity contribution is 0.461. The van der Waals surface area contributed by atoms with Crippen LogP contribution in [0.3, 0.4) is 0 Å². The molecule has 0 fully saturated rings. The molecule has 2 aromatic rings. The van der Waals surface area contributed by atoms with Crippen molar-refractivity contribution in [3.8, 4) is 0 Å². The summed E-state index contributed by atoms with van der Waals surface area (Å²) in [5.41, 5.74) is -0.00870. The van der Waals surface area contributed by atoms with Gasteiger partial charge in [-0.1, -0.05) is 0 Å². The number of aromatic amines is 1. The van der Waals surface area contributed by atoms with Crippen molar-refractivity contribution in [3.05, 3.63) is 31.9 Å². The van der Waals surface area contributed by atoms with E-state index in [9.17, 15) is 9.59 Å². The van der Waals surface area contributed by atoms with E-state index in [1.807, 2.05) is 6.92 Å². The summed E-state index contributed by atoms with van der Waals surface area (Å²) in [6, 6.07) is 1.75. The van der Waals surface area contributed by atoms with Crippen LogP contribution in [0.4, 0.5) is 0 Å². The van der Waals surface area contributed by atoms with Gasteiger partial charge in [0.1, 0.15) is 4.70 Å². The van der Waals surface area contributed by atoms with Crippen LogP contribution in [0.2, 0.25) is 0 Å². The number of aryl methyl sites for hydroxylation is 1. The molecule has 2 heterocycles. The molecule has 2 aromatic heterocycles. The Hall–Kier alpha value is -1.36. The lowest BCUT2D eigenvalue weighted by Gasteiger charge is -1.82. The van der Waals surface area contributed by atoms with Gasteiger partial charge in [-0.3, -0.25) is 4.98 Å². The van der Waals surface area contributed by atoms with E-state index in [1.54, 1.807) is 6.07 Å². The molecule has 0 amide bonds. The van der Waals surface area contributed by atoms with E-state index in [-0.39, 0.29) is 0 Å². The Morgan fingerprint density at radius 1 is 1.50 bits per heavy atom. The first-order valence-electron chi connectivity index (χ1n) is 3.30. The maximum Gasteiger partial charge on any atom is 0.419 e. The van der Waals surface area contributed by atoms with Gasteiger partial charge in [-0.05, 0) is 13.0 Å².